The largest absolute Gasteiger partial charge is 0.348 e. The van der Waals surface area contributed by atoms with E-state index >= 15 is 0 Å². The average Bonchev–Trinajstić information content (AvgIpc) is 2.45. The quantitative estimate of drug-likeness (QED) is 0.944. The van der Waals surface area contributed by atoms with Crippen LogP contribution in [0, 0.1) is 23.0 Å². The number of carbonyl (C=O) groups excluding carboxylic acids is 1. The predicted octanol–water partition coefficient (Wildman–Crippen LogP) is 3.42. The summed E-state index contributed by atoms with van der Waals surface area (Å²) >= 11 is 5.77. The van der Waals surface area contributed by atoms with Crippen LogP contribution in [0.4, 0.5) is 8.78 Å². The van der Waals surface area contributed by atoms with Crippen LogP contribution in [0.2, 0.25) is 5.02 Å². The molecule has 0 fully saturated rings. The minimum absolute atomic E-state index is 0.0206. The maximum Gasteiger partial charge on any atom is 0.256 e. The zero-order valence-corrected chi connectivity index (χ0v) is 11.4. The molecule has 21 heavy (non-hydrogen) atoms. The van der Waals surface area contributed by atoms with E-state index < -0.39 is 17.5 Å². The summed E-state index contributed by atoms with van der Waals surface area (Å²) in [7, 11) is 0. The summed E-state index contributed by atoms with van der Waals surface area (Å²) in [4.78, 5) is 11.9. The van der Waals surface area contributed by atoms with Crippen LogP contribution in [0.3, 0.4) is 0 Å². The van der Waals surface area contributed by atoms with Crippen molar-refractivity contribution in [3.63, 3.8) is 0 Å². The Morgan fingerprint density at radius 1 is 1.24 bits per heavy atom. The minimum Gasteiger partial charge on any atom is -0.348 e. The van der Waals surface area contributed by atoms with Crippen molar-refractivity contribution >= 4 is 17.5 Å². The number of nitriles is 1. The van der Waals surface area contributed by atoms with Crippen LogP contribution in [-0.4, -0.2) is 5.91 Å². The summed E-state index contributed by atoms with van der Waals surface area (Å²) in [6.07, 6.45) is 0. The SMILES string of the molecule is N#Cc1ccc(CNC(=O)c2c(F)cccc2Cl)c(F)c1. The molecule has 0 bridgehead atoms. The molecule has 3 nitrogen and oxygen atoms in total. The van der Waals surface area contributed by atoms with E-state index in [0.717, 1.165) is 12.1 Å². The fourth-order valence-electron chi connectivity index (χ4n) is 1.74. The summed E-state index contributed by atoms with van der Waals surface area (Å²) in [6, 6.07) is 9.58. The fraction of sp³-hybridized carbons (Fsp3) is 0.0667. The molecule has 1 N–H and O–H groups in total. The molecule has 0 saturated carbocycles. The number of halogens is 3. The van der Waals surface area contributed by atoms with Gasteiger partial charge in [0.05, 0.1) is 22.2 Å². The molecule has 0 spiro atoms. The number of amides is 1. The van der Waals surface area contributed by atoms with E-state index in [1.165, 1.54) is 24.3 Å². The monoisotopic (exact) mass is 306 g/mol. The van der Waals surface area contributed by atoms with Gasteiger partial charge in [0.25, 0.3) is 5.91 Å². The number of benzene rings is 2. The van der Waals surface area contributed by atoms with Crippen molar-refractivity contribution in [3.05, 3.63) is 69.7 Å². The summed E-state index contributed by atoms with van der Waals surface area (Å²) in [5.41, 5.74) is 0.0859. The molecule has 6 heteroatoms. The first-order chi connectivity index (χ1) is 10.0. The molecule has 0 aliphatic carbocycles. The molecule has 1 amide bonds. The lowest BCUT2D eigenvalue weighted by Crippen LogP contribution is -2.24. The topological polar surface area (TPSA) is 52.9 Å². The number of rotatable bonds is 3. The molecule has 0 radical (unpaired) electrons. The van der Waals surface area contributed by atoms with Crippen LogP contribution in [0.15, 0.2) is 36.4 Å². The van der Waals surface area contributed by atoms with Gasteiger partial charge in [-0.15, -0.1) is 0 Å². The van der Waals surface area contributed by atoms with Crippen molar-refractivity contribution in [1.82, 2.24) is 5.32 Å². The standard InChI is InChI=1S/C15H9ClF2N2O/c16-11-2-1-3-12(17)14(11)15(21)20-8-10-5-4-9(7-19)6-13(10)18/h1-6H,8H2,(H,20,21). The van der Waals surface area contributed by atoms with Gasteiger partial charge in [-0.2, -0.15) is 5.26 Å². The van der Waals surface area contributed by atoms with Crippen LogP contribution in [0.1, 0.15) is 21.5 Å². The summed E-state index contributed by atoms with van der Waals surface area (Å²) in [6.45, 7) is -0.138. The van der Waals surface area contributed by atoms with Gasteiger partial charge in [-0.05, 0) is 24.3 Å². The van der Waals surface area contributed by atoms with Gasteiger partial charge in [-0.25, -0.2) is 8.78 Å². The van der Waals surface area contributed by atoms with Crippen molar-refractivity contribution in [2.75, 3.05) is 0 Å². The normalized spacial score (nSPS) is 10.0. The Morgan fingerprint density at radius 3 is 2.62 bits per heavy atom. The Labute approximate surface area is 124 Å². The highest BCUT2D eigenvalue weighted by molar-refractivity contribution is 6.33. The Kier molecular flexibility index (Phi) is 4.51. The van der Waals surface area contributed by atoms with Gasteiger partial charge in [0, 0.05) is 12.1 Å². The molecule has 0 heterocycles. The molecule has 0 unspecified atom stereocenters. The lowest BCUT2D eigenvalue weighted by Gasteiger charge is -2.08. The van der Waals surface area contributed by atoms with Crippen molar-refractivity contribution in [2.45, 2.75) is 6.54 Å². The number of carbonyl (C=O) groups is 1. The van der Waals surface area contributed by atoms with E-state index in [0.29, 0.717) is 0 Å². The third-order valence-electron chi connectivity index (χ3n) is 2.81. The Morgan fingerprint density at radius 2 is 2.00 bits per heavy atom. The first-order valence-corrected chi connectivity index (χ1v) is 6.31. The molecule has 2 rings (SSSR count). The summed E-state index contributed by atoms with van der Waals surface area (Å²) < 4.78 is 27.2. The zero-order chi connectivity index (χ0) is 15.4. The molecular weight excluding hydrogens is 298 g/mol. The van der Waals surface area contributed by atoms with Crippen molar-refractivity contribution in [2.24, 2.45) is 0 Å². The number of nitrogens with zero attached hydrogens (tertiary/aromatic N) is 1. The Balaban J connectivity index is 2.13. The average molecular weight is 307 g/mol. The summed E-state index contributed by atoms with van der Waals surface area (Å²) in [5.74, 6) is -2.10. The number of hydrogen-bond donors (Lipinski definition) is 1. The predicted molar refractivity (Wildman–Crippen MR) is 73.7 cm³/mol. The Hall–Kier alpha value is -2.45. The Bertz CT molecular complexity index is 721. The number of hydrogen-bond acceptors (Lipinski definition) is 2. The molecule has 2 aromatic carbocycles. The van der Waals surface area contributed by atoms with Crippen LogP contribution < -0.4 is 5.32 Å². The molecule has 0 aliphatic heterocycles. The zero-order valence-electron chi connectivity index (χ0n) is 10.7. The maximum absolute atomic E-state index is 13.6. The summed E-state index contributed by atoms with van der Waals surface area (Å²) in [5, 5.41) is 11.0. The first-order valence-electron chi connectivity index (χ1n) is 5.93. The van der Waals surface area contributed by atoms with Crippen molar-refractivity contribution < 1.29 is 13.6 Å². The lowest BCUT2D eigenvalue weighted by molar-refractivity contribution is 0.0946. The molecule has 2 aromatic rings. The van der Waals surface area contributed by atoms with Crippen molar-refractivity contribution in [1.29, 1.82) is 5.26 Å². The van der Waals surface area contributed by atoms with Crippen LogP contribution >= 0.6 is 11.6 Å². The second kappa shape index (κ2) is 6.33. The van der Waals surface area contributed by atoms with E-state index in [4.69, 9.17) is 16.9 Å². The molecule has 0 aliphatic rings. The van der Waals surface area contributed by atoms with E-state index in [1.54, 1.807) is 6.07 Å². The van der Waals surface area contributed by atoms with E-state index in [-0.39, 0.29) is 28.3 Å². The lowest BCUT2D eigenvalue weighted by atomic mass is 10.1. The van der Waals surface area contributed by atoms with Crippen LogP contribution in [0.25, 0.3) is 0 Å². The second-order valence-electron chi connectivity index (χ2n) is 4.20. The van der Waals surface area contributed by atoms with Crippen LogP contribution in [0.5, 0.6) is 0 Å². The third-order valence-corrected chi connectivity index (χ3v) is 3.13. The minimum atomic E-state index is -0.750. The van der Waals surface area contributed by atoms with Crippen molar-refractivity contribution in [3.8, 4) is 6.07 Å². The highest BCUT2D eigenvalue weighted by Gasteiger charge is 2.15. The van der Waals surface area contributed by atoms with Gasteiger partial charge in [-0.3, -0.25) is 4.79 Å². The van der Waals surface area contributed by atoms with Gasteiger partial charge >= 0.3 is 0 Å². The first kappa shape index (κ1) is 14.9. The van der Waals surface area contributed by atoms with Gasteiger partial charge in [0.1, 0.15) is 11.6 Å². The highest BCUT2D eigenvalue weighted by atomic mass is 35.5. The van der Waals surface area contributed by atoms with E-state index in [2.05, 4.69) is 5.32 Å². The maximum atomic E-state index is 13.6. The fourth-order valence-corrected chi connectivity index (χ4v) is 1.99. The smallest absolute Gasteiger partial charge is 0.256 e. The molecule has 0 atom stereocenters. The molecular formula is C15H9ClF2N2O. The van der Waals surface area contributed by atoms with Gasteiger partial charge in [0.2, 0.25) is 0 Å². The van der Waals surface area contributed by atoms with Crippen LogP contribution in [-0.2, 0) is 6.54 Å². The van der Waals surface area contributed by atoms with E-state index in [1.807, 2.05) is 0 Å². The van der Waals surface area contributed by atoms with E-state index in [9.17, 15) is 13.6 Å². The highest BCUT2D eigenvalue weighted by Crippen LogP contribution is 2.19. The second-order valence-corrected chi connectivity index (χ2v) is 4.60. The molecule has 0 saturated heterocycles. The van der Waals surface area contributed by atoms with Gasteiger partial charge in [0.15, 0.2) is 0 Å². The molecule has 0 aromatic heterocycles. The van der Waals surface area contributed by atoms with Gasteiger partial charge < -0.3 is 5.32 Å². The molecule has 106 valence electrons. The third kappa shape index (κ3) is 3.36. The number of nitrogens with one attached hydrogen (secondary N) is 1. The van der Waals surface area contributed by atoms with Gasteiger partial charge in [-0.1, -0.05) is 23.7 Å².